The molecule has 0 radical (unpaired) electrons. The minimum atomic E-state index is -0.992. The molecule has 8 heteroatoms. The summed E-state index contributed by atoms with van der Waals surface area (Å²) in [5, 5.41) is 13.5. The second-order valence-corrected chi connectivity index (χ2v) is 12.0. The van der Waals surface area contributed by atoms with Crippen molar-refractivity contribution in [3.05, 3.63) is 89.4 Å². The molecule has 1 amide bonds. The number of amides is 1. The number of pyridine rings is 1. The highest BCUT2D eigenvalue weighted by Gasteiger charge is 2.44. The van der Waals surface area contributed by atoms with Gasteiger partial charge in [-0.2, -0.15) is 0 Å². The Morgan fingerprint density at radius 2 is 1.88 bits per heavy atom. The number of imidazole rings is 1. The summed E-state index contributed by atoms with van der Waals surface area (Å²) < 4.78 is 2.04. The molecule has 2 aliphatic carbocycles. The van der Waals surface area contributed by atoms with E-state index in [2.05, 4.69) is 21.4 Å². The second kappa shape index (κ2) is 10.8. The summed E-state index contributed by atoms with van der Waals surface area (Å²) in [6, 6.07) is 17.7. The first-order valence-electron chi connectivity index (χ1n) is 15.2. The summed E-state index contributed by atoms with van der Waals surface area (Å²) in [7, 11) is 1.97. The molecule has 0 bridgehead atoms. The van der Waals surface area contributed by atoms with Crippen molar-refractivity contribution < 1.29 is 14.7 Å². The molecule has 7 rings (SSSR count). The largest absolute Gasteiger partial charge is 0.478 e. The summed E-state index contributed by atoms with van der Waals surface area (Å²) in [4.78, 5) is 38.0. The van der Waals surface area contributed by atoms with Gasteiger partial charge in [-0.05, 0) is 91.6 Å². The third-order valence-electron chi connectivity index (χ3n) is 9.35. The number of aromatic nitrogens is 4. The van der Waals surface area contributed by atoms with E-state index >= 15 is 0 Å². The lowest BCUT2D eigenvalue weighted by Gasteiger charge is -2.41. The van der Waals surface area contributed by atoms with Gasteiger partial charge in [0.25, 0.3) is 5.91 Å². The van der Waals surface area contributed by atoms with E-state index in [0.717, 1.165) is 64.7 Å². The highest BCUT2D eigenvalue weighted by molar-refractivity contribution is 6.00. The van der Waals surface area contributed by atoms with Crippen molar-refractivity contribution in [2.24, 2.45) is 7.05 Å². The number of nitrogens with zero attached hydrogens (tertiary/aromatic N) is 3. The Kier molecular flexibility index (Phi) is 6.84. The minimum Gasteiger partial charge on any atom is -0.478 e. The van der Waals surface area contributed by atoms with Crippen molar-refractivity contribution in [1.29, 1.82) is 0 Å². The quantitative estimate of drug-likeness (QED) is 0.180. The van der Waals surface area contributed by atoms with Crippen LogP contribution in [0.15, 0.2) is 66.9 Å². The molecule has 3 heterocycles. The van der Waals surface area contributed by atoms with Crippen molar-refractivity contribution >= 4 is 39.9 Å². The zero-order chi connectivity index (χ0) is 29.6. The fourth-order valence-electron chi connectivity index (χ4n) is 7.03. The van der Waals surface area contributed by atoms with Gasteiger partial charge in [-0.3, -0.25) is 9.78 Å². The fourth-order valence-corrected chi connectivity index (χ4v) is 7.03. The smallest absolute Gasteiger partial charge is 0.328 e. The summed E-state index contributed by atoms with van der Waals surface area (Å²) >= 11 is 0. The van der Waals surface area contributed by atoms with Crippen molar-refractivity contribution in [2.45, 2.75) is 62.8 Å². The predicted molar refractivity (Wildman–Crippen MR) is 168 cm³/mol. The fraction of sp³-hybridized carbons (Fsp3) is 0.314. The average molecular weight is 574 g/mol. The lowest BCUT2D eigenvalue weighted by atomic mass is 9.75. The van der Waals surface area contributed by atoms with E-state index in [1.807, 2.05) is 66.3 Å². The number of fused-ring (bicyclic) bond motifs is 2. The molecule has 3 N–H and O–H groups in total. The van der Waals surface area contributed by atoms with Gasteiger partial charge in [-0.25, -0.2) is 9.78 Å². The lowest BCUT2D eigenvalue weighted by molar-refractivity contribution is -0.131. The molecule has 0 unspecified atom stereocenters. The Balaban J connectivity index is 1.22. The number of rotatable bonds is 7. The van der Waals surface area contributed by atoms with Crippen LogP contribution in [0, 0.1) is 0 Å². The number of aliphatic carboxylic acids is 1. The van der Waals surface area contributed by atoms with Gasteiger partial charge >= 0.3 is 5.97 Å². The number of carbonyl (C=O) groups excluding carboxylic acids is 1. The Morgan fingerprint density at radius 1 is 1.05 bits per heavy atom. The van der Waals surface area contributed by atoms with Crippen molar-refractivity contribution in [1.82, 2.24) is 24.8 Å². The van der Waals surface area contributed by atoms with E-state index < -0.39 is 11.5 Å². The molecule has 8 nitrogen and oxygen atoms in total. The van der Waals surface area contributed by atoms with Crippen LogP contribution < -0.4 is 5.32 Å². The monoisotopic (exact) mass is 573 g/mol. The maximum absolute atomic E-state index is 13.8. The Bertz CT molecular complexity index is 1870. The van der Waals surface area contributed by atoms with Gasteiger partial charge in [0.2, 0.25) is 0 Å². The molecule has 0 spiro atoms. The molecule has 0 atom stereocenters. The van der Waals surface area contributed by atoms with E-state index in [1.165, 1.54) is 43.1 Å². The maximum Gasteiger partial charge on any atom is 0.328 e. The van der Waals surface area contributed by atoms with Gasteiger partial charge in [0.1, 0.15) is 5.82 Å². The van der Waals surface area contributed by atoms with Gasteiger partial charge < -0.3 is 20.0 Å². The zero-order valence-electron chi connectivity index (χ0n) is 24.3. The van der Waals surface area contributed by atoms with Crippen LogP contribution in [0.2, 0.25) is 0 Å². The van der Waals surface area contributed by atoms with E-state index in [9.17, 15) is 9.59 Å². The van der Waals surface area contributed by atoms with Gasteiger partial charge in [-0.1, -0.05) is 37.5 Å². The number of hydrogen-bond donors (Lipinski definition) is 3. The number of nitrogens with one attached hydrogen (secondary N) is 2. The summed E-state index contributed by atoms with van der Waals surface area (Å²) in [5.41, 5.74) is 6.82. The Labute approximate surface area is 249 Å². The van der Waals surface area contributed by atoms with Gasteiger partial charge in [0.05, 0.1) is 28.0 Å². The number of carbonyl (C=O) groups is 2. The van der Waals surface area contributed by atoms with Gasteiger partial charge in [0, 0.05) is 35.8 Å². The summed E-state index contributed by atoms with van der Waals surface area (Å²) in [6.07, 6.45) is 13.3. The first-order valence-corrected chi connectivity index (χ1v) is 15.2. The molecular weight excluding hydrogens is 538 g/mol. The van der Waals surface area contributed by atoms with Crippen LogP contribution in [-0.4, -0.2) is 36.5 Å². The van der Waals surface area contributed by atoms with Crippen molar-refractivity contribution in [3.63, 3.8) is 0 Å². The lowest BCUT2D eigenvalue weighted by Crippen LogP contribution is -2.52. The van der Waals surface area contributed by atoms with Crippen LogP contribution in [0.1, 0.15) is 84.6 Å². The van der Waals surface area contributed by atoms with Crippen LogP contribution in [0.4, 0.5) is 0 Å². The first kappa shape index (κ1) is 27.1. The molecule has 0 aliphatic heterocycles. The summed E-state index contributed by atoms with van der Waals surface area (Å²) in [6.45, 7) is 0. The molecule has 2 aliphatic rings. The standard InChI is InChI=1S/C35H35N5O3/c1-40-29-15-11-22(12-16-30(41)42)20-28(29)38-34(40)35(17-7-18-35)39-33(43)24-13-14-25-27(21-24)37-32(26-10-5-6-19-36-26)31(25)23-8-3-2-4-9-23/h5-6,10-16,19-21,23,37H,2-4,7-9,17-18H2,1H3,(H,39,43)(H,41,42)/b16-12+. The normalized spacial score (nSPS) is 17.0. The molecule has 3 aromatic heterocycles. The third kappa shape index (κ3) is 4.90. The number of H-pyrrole nitrogens is 1. The molecule has 0 saturated heterocycles. The zero-order valence-corrected chi connectivity index (χ0v) is 24.3. The van der Waals surface area contributed by atoms with E-state index in [1.54, 1.807) is 6.08 Å². The highest BCUT2D eigenvalue weighted by Crippen LogP contribution is 2.43. The second-order valence-electron chi connectivity index (χ2n) is 12.0. The first-order chi connectivity index (χ1) is 20.9. The van der Waals surface area contributed by atoms with E-state index in [-0.39, 0.29) is 5.91 Å². The number of carboxylic acid groups (broad SMARTS) is 1. The Morgan fingerprint density at radius 3 is 2.60 bits per heavy atom. The van der Waals surface area contributed by atoms with Crippen LogP contribution in [0.25, 0.3) is 39.4 Å². The SMILES string of the molecule is Cn1c(C2(NC(=O)c3ccc4c(C5CCCCC5)c(-c5ccccn5)[nH]c4c3)CCC2)nc2cc(/C=C/C(=O)O)ccc21. The van der Waals surface area contributed by atoms with Gasteiger partial charge in [-0.15, -0.1) is 0 Å². The number of aryl methyl sites for hydroxylation is 1. The predicted octanol–water partition coefficient (Wildman–Crippen LogP) is 7.07. The van der Waals surface area contributed by atoms with Crippen LogP contribution in [0.3, 0.4) is 0 Å². The minimum absolute atomic E-state index is 0.119. The van der Waals surface area contributed by atoms with Gasteiger partial charge in [0.15, 0.2) is 0 Å². The Hall–Kier alpha value is -4.72. The van der Waals surface area contributed by atoms with Crippen molar-refractivity contribution in [3.8, 4) is 11.4 Å². The molecular formula is C35H35N5O3. The van der Waals surface area contributed by atoms with E-state index in [0.29, 0.717) is 11.5 Å². The number of carboxylic acids is 1. The summed E-state index contributed by atoms with van der Waals surface area (Å²) in [5.74, 6) is 0.190. The molecule has 218 valence electrons. The maximum atomic E-state index is 13.8. The molecule has 2 saturated carbocycles. The van der Waals surface area contributed by atoms with Crippen LogP contribution in [-0.2, 0) is 17.4 Å². The topological polar surface area (TPSA) is 113 Å². The molecule has 2 aromatic carbocycles. The highest BCUT2D eigenvalue weighted by atomic mass is 16.4. The molecule has 2 fully saturated rings. The molecule has 5 aromatic rings. The van der Waals surface area contributed by atoms with Crippen LogP contribution >= 0.6 is 0 Å². The average Bonchev–Trinajstić information content (AvgIpc) is 3.56. The van der Waals surface area contributed by atoms with E-state index in [4.69, 9.17) is 10.1 Å². The number of hydrogen-bond acceptors (Lipinski definition) is 4. The molecule has 43 heavy (non-hydrogen) atoms. The number of benzene rings is 2. The number of aromatic amines is 1. The van der Waals surface area contributed by atoms with Crippen molar-refractivity contribution in [2.75, 3.05) is 0 Å². The van der Waals surface area contributed by atoms with Crippen LogP contribution in [0.5, 0.6) is 0 Å². The third-order valence-corrected chi connectivity index (χ3v) is 9.35.